The van der Waals surface area contributed by atoms with Gasteiger partial charge in [-0.3, -0.25) is 14.5 Å². The predicted molar refractivity (Wildman–Crippen MR) is 62.9 cm³/mol. The maximum absolute atomic E-state index is 11.9. The quantitative estimate of drug-likeness (QED) is 0.716. The van der Waals surface area contributed by atoms with Gasteiger partial charge in [0.15, 0.2) is 0 Å². The molecule has 1 aliphatic rings. The fraction of sp³-hybridized carbons (Fsp3) is 0.833. The second-order valence-corrected chi connectivity index (χ2v) is 4.66. The van der Waals surface area contributed by atoms with E-state index in [0.29, 0.717) is 24.9 Å². The molecule has 16 heavy (non-hydrogen) atoms. The van der Waals surface area contributed by atoms with E-state index in [2.05, 4.69) is 26.1 Å². The van der Waals surface area contributed by atoms with Crippen molar-refractivity contribution in [3.63, 3.8) is 0 Å². The fourth-order valence-electron chi connectivity index (χ4n) is 2.19. The third-order valence-corrected chi connectivity index (χ3v) is 3.22. The van der Waals surface area contributed by atoms with Gasteiger partial charge in [-0.1, -0.05) is 20.8 Å². The lowest BCUT2D eigenvalue weighted by atomic mass is 10.0. The van der Waals surface area contributed by atoms with E-state index < -0.39 is 0 Å². The number of rotatable bonds is 5. The maximum atomic E-state index is 11.9. The Morgan fingerprint density at radius 3 is 2.38 bits per heavy atom. The third kappa shape index (κ3) is 2.61. The number of imide groups is 1. The summed E-state index contributed by atoms with van der Waals surface area (Å²) in [5, 5.41) is 3.30. The summed E-state index contributed by atoms with van der Waals surface area (Å²) < 4.78 is 0. The van der Waals surface area contributed by atoms with Gasteiger partial charge in [0, 0.05) is 12.6 Å². The highest BCUT2D eigenvalue weighted by atomic mass is 16.2. The lowest BCUT2D eigenvalue weighted by molar-refractivity contribution is -0.138. The van der Waals surface area contributed by atoms with Crippen LogP contribution in [0, 0.1) is 5.92 Å². The molecule has 0 radical (unpaired) electrons. The van der Waals surface area contributed by atoms with Crippen LogP contribution in [0.15, 0.2) is 0 Å². The molecular weight excluding hydrogens is 204 g/mol. The molecule has 92 valence electrons. The molecule has 1 saturated heterocycles. The zero-order valence-electron chi connectivity index (χ0n) is 10.6. The highest BCUT2D eigenvalue weighted by molar-refractivity contribution is 6.05. The number of carbonyl (C=O) groups excluding carboxylic acids is 2. The number of likely N-dealkylation sites (N-methyl/N-ethyl adjacent to an activating group) is 1. The van der Waals surface area contributed by atoms with Crippen molar-refractivity contribution in [3.8, 4) is 0 Å². The summed E-state index contributed by atoms with van der Waals surface area (Å²) in [5.74, 6) is 0.360. The fourth-order valence-corrected chi connectivity index (χ4v) is 2.19. The van der Waals surface area contributed by atoms with E-state index in [1.54, 1.807) is 0 Å². The Labute approximate surface area is 97.4 Å². The van der Waals surface area contributed by atoms with Crippen LogP contribution >= 0.6 is 0 Å². The summed E-state index contributed by atoms with van der Waals surface area (Å²) in [4.78, 5) is 24.7. The number of amides is 2. The summed E-state index contributed by atoms with van der Waals surface area (Å²) in [6.07, 6.45) is 1.29. The Morgan fingerprint density at radius 1 is 1.38 bits per heavy atom. The van der Waals surface area contributed by atoms with E-state index in [9.17, 15) is 9.59 Å². The van der Waals surface area contributed by atoms with Gasteiger partial charge >= 0.3 is 0 Å². The van der Waals surface area contributed by atoms with Crippen LogP contribution in [-0.2, 0) is 9.59 Å². The van der Waals surface area contributed by atoms with Gasteiger partial charge in [-0.2, -0.15) is 0 Å². The molecule has 2 unspecified atom stereocenters. The van der Waals surface area contributed by atoms with Crippen LogP contribution in [0.5, 0.6) is 0 Å². The van der Waals surface area contributed by atoms with Gasteiger partial charge in [0.05, 0.1) is 12.5 Å². The molecule has 0 aliphatic carbocycles. The van der Waals surface area contributed by atoms with E-state index in [1.807, 2.05) is 6.92 Å². The number of hydrogen-bond donors (Lipinski definition) is 1. The first-order valence-electron chi connectivity index (χ1n) is 6.11. The summed E-state index contributed by atoms with van der Waals surface area (Å²) in [6.45, 7) is 8.66. The molecule has 1 rings (SSSR count). The second kappa shape index (κ2) is 5.43. The van der Waals surface area contributed by atoms with Crippen LogP contribution in [0.25, 0.3) is 0 Å². The lowest BCUT2D eigenvalue weighted by Crippen LogP contribution is -2.45. The maximum Gasteiger partial charge on any atom is 0.246 e. The van der Waals surface area contributed by atoms with Gasteiger partial charge < -0.3 is 5.32 Å². The van der Waals surface area contributed by atoms with Crippen molar-refractivity contribution in [2.45, 2.75) is 52.6 Å². The van der Waals surface area contributed by atoms with Crippen LogP contribution in [0.4, 0.5) is 0 Å². The number of nitrogens with one attached hydrogen (secondary N) is 1. The van der Waals surface area contributed by atoms with E-state index >= 15 is 0 Å². The van der Waals surface area contributed by atoms with Crippen molar-refractivity contribution in [2.75, 3.05) is 6.54 Å². The Balaban J connectivity index is 2.63. The summed E-state index contributed by atoms with van der Waals surface area (Å²) >= 11 is 0. The molecule has 4 heteroatoms. The van der Waals surface area contributed by atoms with Crippen LogP contribution in [0.2, 0.25) is 0 Å². The highest BCUT2D eigenvalue weighted by Crippen LogP contribution is 2.15. The molecule has 1 fully saturated rings. The van der Waals surface area contributed by atoms with Gasteiger partial charge in [0.25, 0.3) is 0 Å². The van der Waals surface area contributed by atoms with E-state index in [-0.39, 0.29) is 17.9 Å². The van der Waals surface area contributed by atoms with E-state index in [1.165, 1.54) is 4.90 Å². The molecule has 2 amide bonds. The van der Waals surface area contributed by atoms with Gasteiger partial charge in [-0.15, -0.1) is 0 Å². The van der Waals surface area contributed by atoms with Crippen LogP contribution in [0.3, 0.4) is 0 Å². The second-order valence-electron chi connectivity index (χ2n) is 4.66. The molecule has 0 bridgehead atoms. The Morgan fingerprint density at radius 2 is 2.00 bits per heavy atom. The molecule has 1 N–H and O–H groups in total. The normalized spacial score (nSPS) is 23.3. The van der Waals surface area contributed by atoms with Crippen molar-refractivity contribution in [1.29, 1.82) is 0 Å². The van der Waals surface area contributed by atoms with Crippen molar-refractivity contribution < 1.29 is 9.59 Å². The molecule has 0 aromatic rings. The average Bonchev–Trinajstić information content (AvgIpc) is 2.49. The van der Waals surface area contributed by atoms with Gasteiger partial charge in [-0.25, -0.2) is 0 Å². The molecule has 0 spiro atoms. The molecule has 0 aromatic carbocycles. The molecular formula is C12H22N2O2. The van der Waals surface area contributed by atoms with E-state index in [4.69, 9.17) is 0 Å². The monoisotopic (exact) mass is 226 g/mol. The topological polar surface area (TPSA) is 49.4 Å². The molecule has 0 saturated carbocycles. The minimum absolute atomic E-state index is 0.0522. The average molecular weight is 226 g/mol. The van der Waals surface area contributed by atoms with Crippen molar-refractivity contribution in [1.82, 2.24) is 10.2 Å². The minimum atomic E-state index is -0.306. The zero-order valence-corrected chi connectivity index (χ0v) is 10.6. The Kier molecular flexibility index (Phi) is 4.47. The largest absolute Gasteiger partial charge is 0.302 e. The first-order chi connectivity index (χ1) is 7.51. The smallest absolute Gasteiger partial charge is 0.246 e. The highest BCUT2D eigenvalue weighted by Gasteiger charge is 2.38. The molecule has 2 atom stereocenters. The van der Waals surface area contributed by atoms with Gasteiger partial charge in [-0.05, 0) is 19.3 Å². The van der Waals surface area contributed by atoms with E-state index in [0.717, 1.165) is 6.42 Å². The first kappa shape index (κ1) is 13.2. The van der Waals surface area contributed by atoms with Gasteiger partial charge in [0.1, 0.15) is 0 Å². The number of hydrogen-bond acceptors (Lipinski definition) is 3. The van der Waals surface area contributed by atoms with Crippen molar-refractivity contribution in [2.24, 2.45) is 5.92 Å². The first-order valence-corrected chi connectivity index (χ1v) is 6.11. The van der Waals surface area contributed by atoms with Crippen molar-refractivity contribution in [3.05, 3.63) is 0 Å². The van der Waals surface area contributed by atoms with Crippen LogP contribution < -0.4 is 5.32 Å². The minimum Gasteiger partial charge on any atom is -0.302 e. The standard InChI is InChI=1S/C12H22N2O2/c1-5-9(8(3)4)13-10-7-11(15)14(6-2)12(10)16/h8-10,13H,5-7H2,1-4H3. The van der Waals surface area contributed by atoms with Crippen molar-refractivity contribution >= 4 is 11.8 Å². The number of likely N-dealkylation sites (tertiary alicyclic amines) is 1. The molecule has 0 aromatic heterocycles. The molecule has 4 nitrogen and oxygen atoms in total. The zero-order chi connectivity index (χ0) is 12.3. The Hall–Kier alpha value is -0.900. The number of carbonyl (C=O) groups is 2. The summed E-state index contributed by atoms with van der Waals surface area (Å²) in [7, 11) is 0. The summed E-state index contributed by atoms with van der Waals surface area (Å²) in [5.41, 5.74) is 0. The Bertz CT molecular complexity index is 276. The lowest BCUT2D eigenvalue weighted by Gasteiger charge is -2.23. The molecule has 1 heterocycles. The number of nitrogens with zero attached hydrogens (tertiary/aromatic N) is 1. The third-order valence-electron chi connectivity index (χ3n) is 3.22. The predicted octanol–water partition coefficient (Wildman–Crippen LogP) is 1.16. The van der Waals surface area contributed by atoms with Gasteiger partial charge in [0.2, 0.25) is 11.8 Å². The van der Waals surface area contributed by atoms with Crippen LogP contribution in [0.1, 0.15) is 40.5 Å². The van der Waals surface area contributed by atoms with Crippen LogP contribution in [-0.4, -0.2) is 35.3 Å². The SMILES string of the molecule is CCC(NC1CC(=O)N(CC)C1=O)C(C)C. The molecule has 1 aliphatic heterocycles. The summed E-state index contributed by atoms with van der Waals surface area (Å²) in [6, 6.07) is -0.00152.